The number of carbonyl (C=O) groups excluding carboxylic acids is 1. The first kappa shape index (κ1) is 14.8. The van der Waals surface area contributed by atoms with E-state index in [-0.39, 0.29) is 27.9 Å². The number of hydrogen-bond donors (Lipinski definition) is 1. The summed E-state index contributed by atoms with van der Waals surface area (Å²) in [7, 11) is 0. The number of halogens is 1. The molecule has 1 amide bonds. The Bertz CT molecular complexity index is 387. The van der Waals surface area contributed by atoms with Crippen LogP contribution in [0, 0.1) is 5.41 Å². The van der Waals surface area contributed by atoms with Gasteiger partial charge in [-0.3, -0.25) is 4.79 Å². The molecule has 5 heteroatoms. The van der Waals surface area contributed by atoms with Gasteiger partial charge < -0.3 is 14.7 Å². The van der Waals surface area contributed by atoms with Crippen LogP contribution >= 0.6 is 15.9 Å². The third-order valence-corrected chi connectivity index (χ3v) is 6.75. The van der Waals surface area contributed by atoms with E-state index in [1.165, 1.54) is 0 Å². The van der Waals surface area contributed by atoms with E-state index in [9.17, 15) is 9.90 Å². The van der Waals surface area contributed by atoms with E-state index in [1.54, 1.807) is 0 Å². The van der Waals surface area contributed by atoms with Crippen molar-refractivity contribution in [3.63, 3.8) is 0 Å². The van der Waals surface area contributed by atoms with Crippen molar-refractivity contribution in [2.75, 3.05) is 19.7 Å². The zero-order valence-electron chi connectivity index (χ0n) is 12.1. The van der Waals surface area contributed by atoms with Crippen molar-refractivity contribution in [1.82, 2.24) is 4.90 Å². The summed E-state index contributed by atoms with van der Waals surface area (Å²) < 4.78 is 5.48. The number of aliphatic hydroxyl groups is 1. The Balaban J connectivity index is 1.60. The lowest BCUT2D eigenvalue weighted by Gasteiger charge is -2.57. The third kappa shape index (κ3) is 2.13. The number of piperidine rings is 1. The van der Waals surface area contributed by atoms with Crippen LogP contribution in [0.3, 0.4) is 0 Å². The number of alkyl halides is 1. The molecule has 0 aromatic carbocycles. The molecular formula is C15H24BrNO3. The lowest BCUT2D eigenvalue weighted by molar-refractivity contribution is -0.210. The first-order valence-electron chi connectivity index (χ1n) is 7.80. The molecule has 0 aromatic heterocycles. The van der Waals surface area contributed by atoms with Gasteiger partial charge in [-0.15, -0.1) is 0 Å². The molecule has 2 unspecified atom stereocenters. The molecule has 1 spiro atoms. The highest BCUT2D eigenvalue weighted by atomic mass is 79.9. The number of carbonyl (C=O) groups is 1. The summed E-state index contributed by atoms with van der Waals surface area (Å²) in [6, 6.07) is 0. The van der Waals surface area contributed by atoms with Gasteiger partial charge in [0.05, 0.1) is 12.2 Å². The van der Waals surface area contributed by atoms with Gasteiger partial charge in [-0.2, -0.15) is 0 Å². The van der Waals surface area contributed by atoms with Crippen LogP contribution in [0.1, 0.15) is 45.4 Å². The van der Waals surface area contributed by atoms with Gasteiger partial charge in [0, 0.05) is 31.5 Å². The molecule has 0 aromatic rings. The van der Waals surface area contributed by atoms with Crippen molar-refractivity contribution in [2.24, 2.45) is 5.41 Å². The number of hydrogen-bond acceptors (Lipinski definition) is 3. The molecule has 0 radical (unpaired) electrons. The highest BCUT2D eigenvalue weighted by Gasteiger charge is 2.57. The Morgan fingerprint density at radius 2 is 2.00 bits per heavy atom. The van der Waals surface area contributed by atoms with Crippen LogP contribution in [-0.4, -0.2) is 52.1 Å². The van der Waals surface area contributed by atoms with Crippen molar-refractivity contribution in [2.45, 2.75) is 62.0 Å². The standard InChI is InChI=1S/C15H24BrNO3/c1-2-20-12-10-11(18)14(12)6-8-17(9-7-14)13(19)15(16)4-3-5-15/h11-12,18H,2-10H2,1H3. The minimum atomic E-state index is -0.283. The zero-order valence-corrected chi connectivity index (χ0v) is 13.7. The summed E-state index contributed by atoms with van der Waals surface area (Å²) in [5, 5.41) is 10.2. The number of likely N-dealkylation sites (tertiary alicyclic amines) is 1. The van der Waals surface area contributed by atoms with E-state index < -0.39 is 0 Å². The molecular weight excluding hydrogens is 322 g/mol. The van der Waals surface area contributed by atoms with E-state index in [4.69, 9.17) is 4.74 Å². The van der Waals surface area contributed by atoms with Crippen LogP contribution < -0.4 is 0 Å². The zero-order chi connectivity index (χ0) is 14.4. The average Bonchev–Trinajstić information content (AvgIpc) is 2.44. The van der Waals surface area contributed by atoms with Crippen LogP contribution in [0.5, 0.6) is 0 Å². The SMILES string of the molecule is CCOC1CC(O)C12CCN(C(=O)C1(Br)CCC1)CC2. The van der Waals surface area contributed by atoms with Crippen molar-refractivity contribution in [3.05, 3.63) is 0 Å². The number of aliphatic hydroxyl groups excluding tert-OH is 1. The Kier molecular flexibility index (Phi) is 3.89. The molecule has 1 heterocycles. The van der Waals surface area contributed by atoms with Gasteiger partial charge in [0.1, 0.15) is 4.32 Å². The monoisotopic (exact) mass is 345 g/mol. The molecule has 2 aliphatic carbocycles. The van der Waals surface area contributed by atoms with Crippen LogP contribution in [-0.2, 0) is 9.53 Å². The molecule has 2 atom stereocenters. The summed E-state index contributed by atoms with van der Waals surface area (Å²) >= 11 is 3.61. The van der Waals surface area contributed by atoms with Gasteiger partial charge in [-0.05, 0) is 39.0 Å². The lowest BCUT2D eigenvalue weighted by Crippen LogP contribution is -2.64. The molecule has 3 aliphatic rings. The van der Waals surface area contributed by atoms with Crippen molar-refractivity contribution in [1.29, 1.82) is 0 Å². The summed E-state index contributed by atoms with van der Waals surface area (Å²) in [5.74, 6) is 0.250. The van der Waals surface area contributed by atoms with Crippen LogP contribution in [0.25, 0.3) is 0 Å². The molecule has 114 valence electrons. The van der Waals surface area contributed by atoms with Gasteiger partial charge in [0.2, 0.25) is 5.91 Å². The molecule has 2 saturated carbocycles. The lowest BCUT2D eigenvalue weighted by atomic mass is 9.58. The highest BCUT2D eigenvalue weighted by molar-refractivity contribution is 9.10. The van der Waals surface area contributed by atoms with Crippen molar-refractivity contribution >= 4 is 21.8 Å². The van der Waals surface area contributed by atoms with E-state index >= 15 is 0 Å². The van der Waals surface area contributed by atoms with E-state index in [2.05, 4.69) is 15.9 Å². The topological polar surface area (TPSA) is 49.8 Å². The second-order valence-electron chi connectivity index (χ2n) is 6.54. The summed E-state index contributed by atoms with van der Waals surface area (Å²) in [5.41, 5.74) is -0.0914. The number of nitrogens with zero attached hydrogens (tertiary/aromatic N) is 1. The molecule has 4 nitrogen and oxygen atoms in total. The smallest absolute Gasteiger partial charge is 0.239 e. The molecule has 3 rings (SSSR count). The summed E-state index contributed by atoms with van der Waals surface area (Å²) in [6.45, 7) is 4.22. The highest BCUT2D eigenvalue weighted by Crippen LogP contribution is 2.51. The maximum absolute atomic E-state index is 12.5. The molecule has 1 aliphatic heterocycles. The van der Waals surface area contributed by atoms with Crippen LogP contribution in [0.2, 0.25) is 0 Å². The fourth-order valence-corrected chi connectivity index (χ4v) is 4.74. The predicted octanol–water partition coefficient (Wildman–Crippen LogP) is 2.08. The van der Waals surface area contributed by atoms with E-state index in [0.29, 0.717) is 6.61 Å². The van der Waals surface area contributed by atoms with Gasteiger partial charge >= 0.3 is 0 Å². The maximum Gasteiger partial charge on any atom is 0.239 e. The molecule has 20 heavy (non-hydrogen) atoms. The molecule has 1 N–H and O–H groups in total. The second kappa shape index (κ2) is 5.25. The van der Waals surface area contributed by atoms with Gasteiger partial charge in [0.15, 0.2) is 0 Å². The van der Waals surface area contributed by atoms with Crippen LogP contribution in [0.15, 0.2) is 0 Å². The quantitative estimate of drug-likeness (QED) is 0.796. The number of ether oxygens (including phenoxy) is 1. The van der Waals surface area contributed by atoms with Gasteiger partial charge in [0.25, 0.3) is 0 Å². The number of rotatable bonds is 3. The Hall–Kier alpha value is -0.130. The van der Waals surface area contributed by atoms with E-state index in [0.717, 1.165) is 51.6 Å². The summed E-state index contributed by atoms with van der Waals surface area (Å²) in [4.78, 5) is 14.5. The second-order valence-corrected chi connectivity index (χ2v) is 8.06. The first-order chi connectivity index (χ1) is 9.52. The third-order valence-electron chi connectivity index (χ3n) is 5.62. The van der Waals surface area contributed by atoms with E-state index in [1.807, 2.05) is 11.8 Å². The van der Waals surface area contributed by atoms with Gasteiger partial charge in [-0.1, -0.05) is 15.9 Å². The minimum Gasteiger partial charge on any atom is -0.392 e. The fraction of sp³-hybridized carbons (Fsp3) is 0.933. The predicted molar refractivity (Wildman–Crippen MR) is 79.8 cm³/mol. The first-order valence-corrected chi connectivity index (χ1v) is 8.59. The minimum absolute atomic E-state index is 0.0914. The largest absolute Gasteiger partial charge is 0.392 e. The number of amides is 1. The normalized spacial score (nSPS) is 34.5. The van der Waals surface area contributed by atoms with Crippen molar-refractivity contribution in [3.8, 4) is 0 Å². The summed E-state index contributed by atoms with van der Waals surface area (Å²) in [6.07, 6.45) is 5.47. The van der Waals surface area contributed by atoms with Crippen LogP contribution in [0.4, 0.5) is 0 Å². The Morgan fingerprint density at radius 1 is 1.35 bits per heavy atom. The van der Waals surface area contributed by atoms with Gasteiger partial charge in [-0.25, -0.2) is 0 Å². The Morgan fingerprint density at radius 3 is 2.45 bits per heavy atom. The fourth-order valence-electron chi connectivity index (χ4n) is 3.93. The molecule has 3 fully saturated rings. The maximum atomic E-state index is 12.5. The van der Waals surface area contributed by atoms with Crippen molar-refractivity contribution < 1.29 is 14.6 Å². The average molecular weight is 346 g/mol. The molecule has 0 bridgehead atoms. The Labute approximate surface area is 129 Å². The molecule has 1 saturated heterocycles.